The van der Waals surface area contributed by atoms with Gasteiger partial charge in [0.05, 0.1) is 7.11 Å². The molecule has 8 heteroatoms. The van der Waals surface area contributed by atoms with Gasteiger partial charge < -0.3 is 24.8 Å². The van der Waals surface area contributed by atoms with Gasteiger partial charge in [0.1, 0.15) is 24.3 Å². The van der Waals surface area contributed by atoms with Crippen molar-refractivity contribution in [2.24, 2.45) is 0 Å². The lowest BCUT2D eigenvalue weighted by molar-refractivity contribution is -0.122. The van der Waals surface area contributed by atoms with Gasteiger partial charge in [0.15, 0.2) is 11.5 Å². The van der Waals surface area contributed by atoms with Crippen molar-refractivity contribution < 1.29 is 28.2 Å². The first-order chi connectivity index (χ1) is 16.0. The molecule has 0 aliphatic carbocycles. The number of rotatable bonds is 9. The second-order valence-corrected chi connectivity index (χ2v) is 8.60. The van der Waals surface area contributed by atoms with E-state index in [0.29, 0.717) is 62.3 Å². The Kier molecular flexibility index (Phi) is 7.01. The molecule has 0 bridgehead atoms. The highest BCUT2D eigenvalue weighted by Gasteiger charge is 2.38. The first kappa shape index (κ1) is 22.9. The summed E-state index contributed by atoms with van der Waals surface area (Å²) in [6.07, 6.45) is 2.44. The molecule has 2 atom stereocenters. The van der Waals surface area contributed by atoms with Crippen LogP contribution in [0.4, 0.5) is 4.39 Å². The van der Waals surface area contributed by atoms with Crippen molar-refractivity contribution >= 4 is 11.8 Å². The van der Waals surface area contributed by atoms with E-state index in [2.05, 4.69) is 10.6 Å². The summed E-state index contributed by atoms with van der Waals surface area (Å²) in [5, 5.41) is 5.91. The fraction of sp³-hybridized carbons (Fsp3) is 0.440. The number of ether oxygens (including phenoxy) is 3. The highest BCUT2D eigenvalue weighted by molar-refractivity contribution is 5.80. The Morgan fingerprint density at radius 3 is 2.82 bits per heavy atom. The zero-order valence-electron chi connectivity index (χ0n) is 18.7. The lowest BCUT2D eigenvalue weighted by atomic mass is 9.84. The van der Waals surface area contributed by atoms with Crippen LogP contribution in [0, 0.1) is 5.82 Å². The van der Waals surface area contributed by atoms with E-state index in [1.165, 1.54) is 13.2 Å². The second kappa shape index (κ2) is 10.1. The number of nitrogens with one attached hydrogen (secondary N) is 2. The minimum atomic E-state index is -0.631. The summed E-state index contributed by atoms with van der Waals surface area (Å²) in [7, 11) is 1.48. The van der Waals surface area contributed by atoms with Gasteiger partial charge in [-0.2, -0.15) is 0 Å². The number of fused-ring (bicyclic) bond motifs is 1. The van der Waals surface area contributed by atoms with E-state index in [4.69, 9.17) is 14.2 Å². The molecule has 1 saturated heterocycles. The predicted molar refractivity (Wildman–Crippen MR) is 120 cm³/mol. The largest absolute Gasteiger partial charge is 0.497 e. The number of methoxy groups -OCH3 is 1. The minimum Gasteiger partial charge on any atom is -0.497 e. The van der Waals surface area contributed by atoms with E-state index in [9.17, 15) is 14.0 Å². The monoisotopic (exact) mass is 456 g/mol. The first-order valence-corrected chi connectivity index (χ1v) is 11.2. The number of para-hydroxylation sites is 2. The van der Waals surface area contributed by atoms with Gasteiger partial charge in [-0.1, -0.05) is 18.2 Å². The highest BCUT2D eigenvalue weighted by atomic mass is 19.1. The Morgan fingerprint density at radius 2 is 2.09 bits per heavy atom. The van der Waals surface area contributed by atoms with Crippen LogP contribution in [0.5, 0.6) is 17.2 Å². The first-order valence-electron chi connectivity index (χ1n) is 11.2. The lowest BCUT2D eigenvalue weighted by Gasteiger charge is -2.29. The predicted octanol–water partition coefficient (Wildman–Crippen LogP) is 3.15. The molecule has 0 spiro atoms. The van der Waals surface area contributed by atoms with E-state index in [1.54, 1.807) is 12.1 Å². The number of carbonyl (C=O) groups is 2. The second-order valence-electron chi connectivity index (χ2n) is 8.60. The summed E-state index contributed by atoms with van der Waals surface area (Å²) in [6, 6.07) is 12.2. The molecule has 2 aliphatic heterocycles. The third-order valence-electron chi connectivity index (χ3n) is 6.21. The van der Waals surface area contributed by atoms with Gasteiger partial charge >= 0.3 is 0 Å². The molecule has 2 aromatic carbocycles. The van der Waals surface area contributed by atoms with Crippen LogP contribution in [0.1, 0.15) is 37.7 Å². The summed E-state index contributed by atoms with van der Waals surface area (Å²) in [6.45, 7) is 0.900. The molecule has 0 saturated carbocycles. The Morgan fingerprint density at radius 1 is 1.27 bits per heavy atom. The number of hydrogen-bond acceptors (Lipinski definition) is 5. The zero-order valence-corrected chi connectivity index (χ0v) is 18.7. The van der Waals surface area contributed by atoms with Crippen molar-refractivity contribution in [3.8, 4) is 17.2 Å². The van der Waals surface area contributed by atoms with Crippen molar-refractivity contribution in [2.75, 3.05) is 20.3 Å². The molecule has 4 rings (SSSR count). The van der Waals surface area contributed by atoms with Gasteiger partial charge in [-0.3, -0.25) is 9.59 Å². The average molecular weight is 457 g/mol. The summed E-state index contributed by atoms with van der Waals surface area (Å²) < 4.78 is 31.2. The van der Waals surface area contributed by atoms with Gasteiger partial charge in [-0.25, -0.2) is 4.39 Å². The molecule has 7 nitrogen and oxygen atoms in total. The molecule has 0 aromatic heterocycles. The molecule has 2 N–H and O–H groups in total. The van der Waals surface area contributed by atoms with Crippen LogP contribution in [0.2, 0.25) is 0 Å². The normalized spacial score (nSPS) is 21.4. The molecule has 176 valence electrons. The van der Waals surface area contributed by atoms with E-state index < -0.39 is 5.54 Å². The Balaban J connectivity index is 1.27. The van der Waals surface area contributed by atoms with Crippen LogP contribution in [-0.2, 0) is 16.0 Å². The maximum absolute atomic E-state index is 14.5. The van der Waals surface area contributed by atoms with Crippen LogP contribution < -0.4 is 24.8 Å². The number of amides is 2. The molecule has 2 aliphatic rings. The Labute approximate surface area is 192 Å². The molecular weight excluding hydrogens is 427 g/mol. The highest BCUT2D eigenvalue weighted by Crippen LogP contribution is 2.32. The summed E-state index contributed by atoms with van der Waals surface area (Å²) in [4.78, 5) is 24.4. The number of benzene rings is 2. The van der Waals surface area contributed by atoms with Crippen LogP contribution in [0.25, 0.3) is 0 Å². The van der Waals surface area contributed by atoms with E-state index in [0.717, 1.165) is 5.75 Å². The molecule has 0 radical (unpaired) electrons. The van der Waals surface area contributed by atoms with E-state index >= 15 is 0 Å². The van der Waals surface area contributed by atoms with Crippen LogP contribution >= 0.6 is 0 Å². The summed E-state index contributed by atoms with van der Waals surface area (Å²) in [5.74, 6) is 1.33. The summed E-state index contributed by atoms with van der Waals surface area (Å²) in [5.41, 5.74) is -0.137. The quantitative estimate of drug-likeness (QED) is 0.606. The van der Waals surface area contributed by atoms with Crippen molar-refractivity contribution in [2.45, 2.75) is 50.2 Å². The fourth-order valence-corrected chi connectivity index (χ4v) is 4.36. The minimum absolute atomic E-state index is 0.0703. The molecule has 2 aromatic rings. The number of hydrogen-bond donors (Lipinski definition) is 2. The van der Waals surface area contributed by atoms with E-state index in [-0.39, 0.29) is 30.2 Å². The maximum Gasteiger partial charge on any atom is 0.220 e. The smallest absolute Gasteiger partial charge is 0.220 e. The molecule has 2 heterocycles. The van der Waals surface area contributed by atoms with Crippen LogP contribution in [0.15, 0.2) is 42.5 Å². The van der Waals surface area contributed by atoms with Gasteiger partial charge in [0.2, 0.25) is 11.8 Å². The average Bonchev–Trinajstić information content (AvgIpc) is 3.19. The molecule has 33 heavy (non-hydrogen) atoms. The molecular formula is C25H29FN2O5. The molecule has 2 amide bonds. The Bertz CT molecular complexity index is 1010. The van der Waals surface area contributed by atoms with Crippen LogP contribution in [-0.4, -0.2) is 43.7 Å². The van der Waals surface area contributed by atoms with Crippen molar-refractivity contribution in [1.82, 2.24) is 10.6 Å². The number of halogens is 1. The van der Waals surface area contributed by atoms with Gasteiger partial charge in [0, 0.05) is 37.4 Å². The Hall–Kier alpha value is -3.29. The zero-order chi connectivity index (χ0) is 23.3. The van der Waals surface area contributed by atoms with Crippen molar-refractivity contribution in [3.63, 3.8) is 0 Å². The third-order valence-corrected chi connectivity index (χ3v) is 6.21. The van der Waals surface area contributed by atoms with Gasteiger partial charge in [0.25, 0.3) is 0 Å². The SMILES string of the molecule is COc1ccc(C[C@]2(CCC(=O)NCC[C@@H]3COc4ccccc4O3)CCC(=O)N2)c(F)c1. The van der Waals surface area contributed by atoms with Crippen molar-refractivity contribution in [3.05, 3.63) is 53.8 Å². The third kappa shape index (κ3) is 5.74. The maximum atomic E-state index is 14.5. The fourth-order valence-electron chi connectivity index (χ4n) is 4.36. The van der Waals surface area contributed by atoms with Crippen molar-refractivity contribution in [1.29, 1.82) is 0 Å². The summed E-state index contributed by atoms with van der Waals surface area (Å²) >= 11 is 0. The van der Waals surface area contributed by atoms with E-state index in [1.807, 2.05) is 24.3 Å². The van der Waals surface area contributed by atoms with Gasteiger partial charge in [-0.15, -0.1) is 0 Å². The lowest BCUT2D eigenvalue weighted by Crippen LogP contribution is -2.45. The van der Waals surface area contributed by atoms with Gasteiger partial charge in [-0.05, 0) is 43.0 Å². The topological polar surface area (TPSA) is 85.9 Å². The molecule has 1 fully saturated rings. The molecule has 0 unspecified atom stereocenters. The number of carbonyl (C=O) groups excluding carboxylic acids is 2. The standard InChI is InChI=1S/C25H29FN2O5/c1-31-18-7-6-17(20(26)14-18)15-25(12-9-24(30)28-25)11-8-23(29)27-13-10-19-16-32-21-4-2-3-5-22(21)33-19/h2-7,14,19H,8-13,15-16H2,1H3,(H,27,29)(H,28,30)/t19-,25+/m1/s1. The van der Waals surface area contributed by atoms with Crippen LogP contribution in [0.3, 0.4) is 0 Å².